The van der Waals surface area contributed by atoms with Gasteiger partial charge in [0.15, 0.2) is 0 Å². The first kappa shape index (κ1) is 20.5. The van der Waals surface area contributed by atoms with Gasteiger partial charge in [-0.1, -0.05) is 0 Å². The molecule has 5 unspecified atom stereocenters. The van der Waals surface area contributed by atoms with Crippen LogP contribution in [0.1, 0.15) is 44.2 Å². The summed E-state index contributed by atoms with van der Waals surface area (Å²) in [6.07, 6.45) is -2.48. The van der Waals surface area contributed by atoms with Crippen LogP contribution in [0.25, 0.3) is 0 Å². The smallest absolute Gasteiger partial charge is 0.375 e. The predicted octanol–water partition coefficient (Wildman–Crippen LogP) is 3.43. The van der Waals surface area contributed by atoms with Crippen LogP contribution in [0.2, 0.25) is 0 Å². The first-order chi connectivity index (χ1) is 14.5. The van der Waals surface area contributed by atoms with Crippen LogP contribution >= 0.6 is 0 Å². The summed E-state index contributed by atoms with van der Waals surface area (Å²) in [6.45, 7) is 4.10. The highest BCUT2D eigenvalue weighted by Crippen LogP contribution is 2.62. The second kappa shape index (κ2) is 6.30. The Morgan fingerprint density at radius 1 is 1.23 bits per heavy atom. The molecule has 5 rings (SSSR count). The topological polar surface area (TPSA) is 79.6 Å². The fourth-order valence-corrected chi connectivity index (χ4v) is 5.52. The van der Waals surface area contributed by atoms with Crippen molar-refractivity contribution in [2.45, 2.75) is 56.6 Å². The molecule has 9 heteroatoms. The second-order valence-electron chi connectivity index (χ2n) is 9.37. The van der Waals surface area contributed by atoms with Gasteiger partial charge in [-0.25, -0.2) is 4.90 Å². The van der Waals surface area contributed by atoms with Gasteiger partial charge in [-0.05, 0) is 50.8 Å². The van der Waals surface area contributed by atoms with Crippen molar-refractivity contribution in [3.8, 4) is 6.07 Å². The number of benzene rings is 1. The van der Waals surface area contributed by atoms with Crippen molar-refractivity contribution >= 4 is 17.5 Å². The highest BCUT2D eigenvalue weighted by atomic mass is 19.4. The minimum absolute atomic E-state index is 0.183. The van der Waals surface area contributed by atoms with Crippen LogP contribution in [0.5, 0.6) is 0 Å². The van der Waals surface area contributed by atoms with E-state index in [1.165, 1.54) is 12.1 Å². The minimum Gasteiger partial charge on any atom is -0.375 e. The number of amides is 2. The molecule has 3 saturated heterocycles. The molecule has 4 aliphatic rings. The first-order valence-corrected chi connectivity index (χ1v) is 10.3. The number of nitriles is 1. The SMILES string of the molecule is CC12CC(OCC3CC3)C(C)(O1)C1C(=O)N(c3ccc(C#N)c(C(F)(F)F)c3)C(=O)C12. The van der Waals surface area contributed by atoms with Crippen molar-refractivity contribution in [2.75, 3.05) is 11.5 Å². The molecule has 5 atom stereocenters. The second-order valence-corrected chi connectivity index (χ2v) is 9.37. The van der Waals surface area contributed by atoms with E-state index < -0.39 is 52.2 Å². The number of fused-ring (bicyclic) bond motifs is 5. The Morgan fingerprint density at radius 3 is 2.52 bits per heavy atom. The van der Waals surface area contributed by atoms with Gasteiger partial charge in [0, 0.05) is 13.0 Å². The van der Waals surface area contributed by atoms with Gasteiger partial charge >= 0.3 is 6.18 Å². The third kappa shape index (κ3) is 2.84. The normalized spacial score (nSPS) is 36.8. The summed E-state index contributed by atoms with van der Waals surface area (Å²) >= 11 is 0. The van der Waals surface area contributed by atoms with E-state index in [-0.39, 0.29) is 11.8 Å². The Bertz CT molecular complexity index is 1030. The fourth-order valence-electron chi connectivity index (χ4n) is 5.52. The Kier molecular flexibility index (Phi) is 4.16. The van der Waals surface area contributed by atoms with E-state index in [2.05, 4.69) is 0 Å². The molecule has 0 N–H and O–H groups in total. The molecule has 3 heterocycles. The van der Waals surface area contributed by atoms with E-state index in [0.29, 0.717) is 25.0 Å². The summed E-state index contributed by atoms with van der Waals surface area (Å²) < 4.78 is 52.5. The summed E-state index contributed by atoms with van der Waals surface area (Å²) in [4.78, 5) is 27.5. The van der Waals surface area contributed by atoms with Gasteiger partial charge in [0.1, 0.15) is 5.60 Å². The number of anilines is 1. The average Bonchev–Trinajstić information content (AvgIpc) is 3.36. The molecule has 0 aromatic heterocycles. The molecule has 1 aromatic carbocycles. The van der Waals surface area contributed by atoms with Gasteiger partial charge in [0.25, 0.3) is 0 Å². The number of nitrogens with zero attached hydrogens (tertiary/aromatic N) is 2. The number of carbonyl (C=O) groups is 2. The first-order valence-electron chi connectivity index (χ1n) is 10.3. The number of carbonyl (C=O) groups excluding carboxylic acids is 2. The number of ether oxygens (including phenoxy) is 2. The lowest BCUT2D eigenvalue weighted by Crippen LogP contribution is -2.50. The van der Waals surface area contributed by atoms with Gasteiger partial charge in [-0.15, -0.1) is 0 Å². The Balaban J connectivity index is 1.50. The van der Waals surface area contributed by atoms with Crippen LogP contribution in [-0.4, -0.2) is 35.7 Å². The summed E-state index contributed by atoms with van der Waals surface area (Å²) in [5.74, 6) is -2.25. The van der Waals surface area contributed by atoms with Gasteiger partial charge in [-0.3, -0.25) is 9.59 Å². The summed E-state index contributed by atoms with van der Waals surface area (Å²) in [7, 11) is 0. The Morgan fingerprint density at radius 2 is 1.90 bits per heavy atom. The van der Waals surface area contributed by atoms with E-state index in [1.54, 1.807) is 13.8 Å². The molecule has 1 saturated carbocycles. The van der Waals surface area contributed by atoms with E-state index in [9.17, 15) is 22.8 Å². The summed E-state index contributed by atoms with van der Waals surface area (Å²) in [6, 6.07) is 4.40. The van der Waals surface area contributed by atoms with Crippen LogP contribution in [0.4, 0.5) is 18.9 Å². The molecule has 6 nitrogen and oxygen atoms in total. The fraction of sp³-hybridized carbons (Fsp3) is 0.591. The Labute approximate surface area is 176 Å². The number of alkyl halides is 3. The van der Waals surface area contributed by atoms with E-state index in [1.807, 2.05) is 0 Å². The summed E-state index contributed by atoms with van der Waals surface area (Å²) in [5, 5.41) is 9.01. The molecule has 4 fully saturated rings. The lowest BCUT2D eigenvalue weighted by Gasteiger charge is -2.35. The standard InChI is InChI=1S/C22H21F3N2O4/c1-20-8-15(30-10-11-3-4-11)21(2,31-20)17-16(20)18(28)27(19(17)29)13-6-5-12(9-26)14(7-13)22(23,24)25/h5-7,11,15-17H,3-4,8,10H2,1-2H3. The van der Waals surface area contributed by atoms with Gasteiger partial charge < -0.3 is 9.47 Å². The van der Waals surface area contributed by atoms with Crippen LogP contribution in [0.3, 0.4) is 0 Å². The zero-order valence-corrected chi connectivity index (χ0v) is 17.0. The van der Waals surface area contributed by atoms with Crippen LogP contribution in [0, 0.1) is 29.1 Å². The zero-order chi connectivity index (χ0) is 22.3. The number of halogens is 3. The van der Waals surface area contributed by atoms with E-state index >= 15 is 0 Å². The van der Waals surface area contributed by atoms with Crippen LogP contribution < -0.4 is 4.90 Å². The van der Waals surface area contributed by atoms with Crippen molar-refractivity contribution in [3.05, 3.63) is 29.3 Å². The lowest BCUT2D eigenvalue weighted by atomic mass is 9.67. The highest BCUT2D eigenvalue weighted by molar-refractivity contribution is 6.23. The predicted molar refractivity (Wildman–Crippen MR) is 101 cm³/mol. The number of rotatable bonds is 4. The molecule has 1 aromatic rings. The van der Waals surface area contributed by atoms with Crippen LogP contribution in [-0.2, 0) is 25.2 Å². The molecule has 0 spiro atoms. The maximum atomic E-state index is 13.4. The molecule has 31 heavy (non-hydrogen) atoms. The molecule has 2 bridgehead atoms. The monoisotopic (exact) mass is 434 g/mol. The van der Waals surface area contributed by atoms with Gasteiger partial charge in [0.05, 0.1) is 46.4 Å². The number of imide groups is 1. The van der Waals surface area contributed by atoms with Crippen molar-refractivity contribution < 1.29 is 32.2 Å². The molecular weight excluding hydrogens is 413 g/mol. The maximum Gasteiger partial charge on any atom is 0.417 e. The third-order valence-electron chi connectivity index (χ3n) is 7.18. The molecule has 164 valence electrons. The third-order valence-corrected chi connectivity index (χ3v) is 7.18. The molecule has 3 aliphatic heterocycles. The average molecular weight is 434 g/mol. The Hall–Kier alpha value is -2.44. The van der Waals surface area contributed by atoms with E-state index in [0.717, 1.165) is 23.8 Å². The van der Waals surface area contributed by atoms with Crippen molar-refractivity contribution in [2.24, 2.45) is 17.8 Å². The number of hydrogen-bond donors (Lipinski definition) is 0. The maximum absolute atomic E-state index is 13.4. The van der Waals surface area contributed by atoms with Gasteiger partial charge in [0.2, 0.25) is 11.8 Å². The van der Waals surface area contributed by atoms with Crippen LogP contribution in [0.15, 0.2) is 18.2 Å². The largest absolute Gasteiger partial charge is 0.417 e. The number of hydrogen-bond acceptors (Lipinski definition) is 5. The molecule has 0 radical (unpaired) electrons. The van der Waals surface area contributed by atoms with Crippen molar-refractivity contribution in [3.63, 3.8) is 0 Å². The lowest BCUT2D eigenvalue weighted by molar-refractivity contribution is -0.138. The van der Waals surface area contributed by atoms with Crippen molar-refractivity contribution in [1.82, 2.24) is 0 Å². The zero-order valence-electron chi connectivity index (χ0n) is 17.0. The minimum atomic E-state index is -4.79. The van der Waals surface area contributed by atoms with E-state index in [4.69, 9.17) is 14.7 Å². The summed E-state index contributed by atoms with van der Waals surface area (Å²) in [5.41, 5.74) is -3.86. The van der Waals surface area contributed by atoms with Crippen molar-refractivity contribution in [1.29, 1.82) is 5.26 Å². The molecule has 2 amide bonds. The molecular formula is C22H21F3N2O4. The molecule has 1 aliphatic carbocycles. The quantitative estimate of drug-likeness (QED) is 0.679. The highest BCUT2D eigenvalue weighted by Gasteiger charge is 2.76. The van der Waals surface area contributed by atoms with Gasteiger partial charge in [-0.2, -0.15) is 18.4 Å².